The fourth-order valence-corrected chi connectivity index (χ4v) is 0.723. The number of aliphatic hydroxyl groups excluding tert-OH is 1. The maximum atomic E-state index is 11.0. The maximum absolute atomic E-state index is 11.0. The molecule has 0 aliphatic rings. The Morgan fingerprint density at radius 1 is 1.13 bits per heavy atom. The van der Waals surface area contributed by atoms with Gasteiger partial charge >= 0.3 is 11.9 Å². The summed E-state index contributed by atoms with van der Waals surface area (Å²) in [5, 5.41) is 11.5. The van der Waals surface area contributed by atoms with Gasteiger partial charge in [-0.25, -0.2) is 4.79 Å². The van der Waals surface area contributed by atoms with Gasteiger partial charge in [0, 0.05) is 28.2 Å². The predicted octanol–water partition coefficient (Wildman–Crippen LogP) is -1.22. The quantitative estimate of drug-likeness (QED) is 0.581. The van der Waals surface area contributed by atoms with Gasteiger partial charge in [-0.05, 0) is 0 Å². The van der Waals surface area contributed by atoms with Gasteiger partial charge in [-0.2, -0.15) is 0 Å². The van der Waals surface area contributed by atoms with Crippen LogP contribution in [0.5, 0.6) is 0 Å². The molecule has 15 heavy (non-hydrogen) atoms. The van der Waals surface area contributed by atoms with Crippen molar-refractivity contribution < 1.29 is 24.4 Å². The number of rotatable bonds is 5. The van der Waals surface area contributed by atoms with Crippen molar-refractivity contribution in [3.63, 3.8) is 0 Å². The molecule has 0 aromatic heterocycles. The van der Waals surface area contributed by atoms with Crippen LogP contribution in [0.25, 0.3) is 0 Å². The third-order valence-electron chi connectivity index (χ3n) is 1.19. The Labute approximate surface area is 88.1 Å². The van der Waals surface area contributed by atoms with E-state index < -0.39 is 24.5 Å². The molecular formula is C8H16N2O5. The van der Waals surface area contributed by atoms with E-state index in [0.717, 1.165) is 5.06 Å². The molecule has 1 N–H and O–H groups in total. The fraction of sp³-hybridized carbons (Fsp3) is 0.750. The zero-order valence-corrected chi connectivity index (χ0v) is 9.26. The second-order valence-corrected chi connectivity index (χ2v) is 3.22. The summed E-state index contributed by atoms with van der Waals surface area (Å²) in [5.74, 6) is -1.60. The first-order chi connectivity index (χ1) is 6.82. The lowest BCUT2D eigenvalue weighted by atomic mass is 10.2. The van der Waals surface area contributed by atoms with E-state index in [1.54, 1.807) is 0 Å². The summed E-state index contributed by atoms with van der Waals surface area (Å²) >= 11 is 0. The van der Waals surface area contributed by atoms with E-state index in [0.29, 0.717) is 0 Å². The largest absolute Gasteiger partial charge is 0.381 e. The first-order valence-corrected chi connectivity index (χ1v) is 4.28. The molecule has 0 rings (SSSR count). The lowest BCUT2D eigenvalue weighted by Gasteiger charge is -2.14. The van der Waals surface area contributed by atoms with E-state index in [4.69, 9.17) is 0 Å². The van der Waals surface area contributed by atoms with Crippen molar-refractivity contribution >= 4 is 11.9 Å². The first-order valence-electron chi connectivity index (χ1n) is 4.28. The Kier molecular flexibility index (Phi) is 5.83. The highest BCUT2D eigenvalue weighted by molar-refractivity contribution is 5.81. The first kappa shape index (κ1) is 13.8. The highest BCUT2D eigenvalue weighted by Crippen LogP contribution is 1.99. The predicted molar refractivity (Wildman–Crippen MR) is 50.2 cm³/mol. The Hall–Kier alpha value is -1.18. The molecule has 7 nitrogen and oxygen atoms in total. The average Bonchev–Trinajstić information content (AvgIpc) is 2.00. The number of hydrogen-bond donors (Lipinski definition) is 1. The van der Waals surface area contributed by atoms with Gasteiger partial charge in [0.2, 0.25) is 0 Å². The minimum Gasteiger partial charge on any atom is -0.381 e. The molecule has 0 amide bonds. The Morgan fingerprint density at radius 3 is 2.00 bits per heavy atom. The molecule has 0 radical (unpaired) electrons. The van der Waals surface area contributed by atoms with Crippen LogP contribution in [0.2, 0.25) is 0 Å². The lowest BCUT2D eigenvalue weighted by molar-refractivity contribution is -0.195. The van der Waals surface area contributed by atoms with Crippen LogP contribution in [0.1, 0.15) is 6.42 Å². The molecule has 0 aromatic carbocycles. The molecule has 0 heterocycles. The van der Waals surface area contributed by atoms with Gasteiger partial charge in [0.05, 0.1) is 6.42 Å². The van der Waals surface area contributed by atoms with Gasteiger partial charge in [-0.1, -0.05) is 0 Å². The third-order valence-corrected chi connectivity index (χ3v) is 1.19. The Bertz CT molecular complexity index is 229. The highest BCUT2D eigenvalue weighted by atomic mass is 16.7. The molecule has 0 bridgehead atoms. The van der Waals surface area contributed by atoms with Crippen molar-refractivity contribution in [3.05, 3.63) is 0 Å². The number of carbonyl (C=O) groups excluding carboxylic acids is 2. The number of aliphatic hydroxyl groups is 1. The second kappa shape index (κ2) is 6.33. The minimum absolute atomic E-state index is 0.440. The molecular weight excluding hydrogens is 204 g/mol. The Balaban J connectivity index is 3.96. The summed E-state index contributed by atoms with van der Waals surface area (Å²) < 4.78 is 0. The molecule has 0 fully saturated rings. The van der Waals surface area contributed by atoms with Crippen LogP contribution in [0.3, 0.4) is 0 Å². The van der Waals surface area contributed by atoms with E-state index in [2.05, 4.69) is 9.68 Å². The Morgan fingerprint density at radius 2 is 1.60 bits per heavy atom. The van der Waals surface area contributed by atoms with Crippen molar-refractivity contribution in [1.29, 1.82) is 0 Å². The van der Waals surface area contributed by atoms with Gasteiger partial charge < -0.3 is 14.8 Å². The van der Waals surface area contributed by atoms with Crippen molar-refractivity contribution in [2.24, 2.45) is 0 Å². The molecule has 0 saturated carbocycles. The summed E-state index contributed by atoms with van der Waals surface area (Å²) in [6, 6.07) is 0. The zero-order chi connectivity index (χ0) is 12.0. The van der Waals surface area contributed by atoms with Crippen LogP contribution in [0.4, 0.5) is 0 Å². The van der Waals surface area contributed by atoms with Gasteiger partial charge in [-0.3, -0.25) is 4.79 Å². The monoisotopic (exact) mass is 220 g/mol. The molecule has 0 spiro atoms. The smallest absolute Gasteiger partial charge is 0.354 e. The van der Waals surface area contributed by atoms with Crippen LogP contribution in [-0.4, -0.2) is 61.5 Å². The van der Waals surface area contributed by atoms with Gasteiger partial charge in [0.15, 0.2) is 6.10 Å². The molecule has 0 saturated heterocycles. The summed E-state index contributed by atoms with van der Waals surface area (Å²) in [6.07, 6.45) is -1.95. The molecule has 0 aliphatic heterocycles. The molecule has 88 valence electrons. The van der Waals surface area contributed by atoms with Gasteiger partial charge in [0.25, 0.3) is 0 Å². The summed E-state index contributed by atoms with van der Waals surface area (Å²) in [4.78, 5) is 31.2. The van der Waals surface area contributed by atoms with Crippen LogP contribution in [-0.2, 0) is 19.3 Å². The lowest BCUT2D eigenvalue weighted by Crippen LogP contribution is -2.32. The number of hydrogen-bond acceptors (Lipinski definition) is 7. The molecule has 0 aliphatic carbocycles. The van der Waals surface area contributed by atoms with Crippen molar-refractivity contribution in [2.45, 2.75) is 12.5 Å². The number of hydroxylamine groups is 4. The minimum atomic E-state index is -1.51. The van der Waals surface area contributed by atoms with Crippen LogP contribution in [0.15, 0.2) is 0 Å². The standard InChI is InChI=1S/C8H16N2O5/c1-9(2)14-7(12)5-6(11)8(13)15-10(3)4/h6,11H,5H2,1-4H3. The maximum Gasteiger partial charge on any atom is 0.354 e. The highest BCUT2D eigenvalue weighted by Gasteiger charge is 2.22. The summed E-state index contributed by atoms with van der Waals surface area (Å²) in [7, 11) is 6.01. The van der Waals surface area contributed by atoms with Crippen molar-refractivity contribution in [2.75, 3.05) is 28.2 Å². The van der Waals surface area contributed by atoms with Crippen LogP contribution < -0.4 is 0 Å². The van der Waals surface area contributed by atoms with E-state index >= 15 is 0 Å². The SMILES string of the molecule is CN(C)OC(=O)CC(O)C(=O)ON(C)C. The normalized spacial score (nSPS) is 12.7. The zero-order valence-electron chi connectivity index (χ0n) is 9.26. The topological polar surface area (TPSA) is 79.3 Å². The van der Waals surface area contributed by atoms with Crippen LogP contribution >= 0.6 is 0 Å². The summed E-state index contributed by atoms with van der Waals surface area (Å²) in [6.45, 7) is 0. The molecule has 1 atom stereocenters. The molecule has 1 unspecified atom stereocenters. The second-order valence-electron chi connectivity index (χ2n) is 3.22. The van der Waals surface area contributed by atoms with Gasteiger partial charge in [-0.15, -0.1) is 10.1 Å². The molecule has 7 heteroatoms. The van der Waals surface area contributed by atoms with E-state index in [1.807, 2.05) is 0 Å². The van der Waals surface area contributed by atoms with E-state index in [9.17, 15) is 14.7 Å². The van der Waals surface area contributed by atoms with Gasteiger partial charge in [0.1, 0.15) is 0 Å². The van der Waals surface area contributed by atoms with E-state index in [1.165, 1.54) is 33.3 Å². The molecule has 0 aromatic rings. The fourth-order valence-electron chi connectivity index (χ4n) is 0.723. The number of nitrogens with zero attached hydrogens (tertiary/aromatic N) is 2. The van der Waals surface area contributed by atoms with Crippen LogP contribution in [0, 0.1) is 0 Å². The average molecular weight is 220 g/mol. The third kappa shape index (κ3) is 6.83. The van der Waals surface area contributed by atoms with Crippen molar-refractivity contribution in [1.82, 2.24) is 10.1 Å². The summed E-state index contributed by atoms with van der Waals surface area (Å²) in [5.41, 5.74) is 0. The van der Waals surface area contributed by atoms with E-state index in [-0.39, 0.29) is 0 Å². The van der Waals surface area contributed by atoms with Crippen molar-refractivity contribution in [3.8, 4) is 0 Å². The number of carbonyl (C=O) groups is 2.